The first-order valence-electron chi connectivity index (χ1n) is 8.47. The molecule has 1 aromatic rings. The molecule has 0 N–H and O–H groups in total. The van der Waals surface area contributed by atoms with Gasteiger partial charge in [-0.2, -0.15) is 0 Å². The fourth-order valence-corrected chi connectivity index (χ4v) is 2.64. The van der Waals surface area contributed by atoms with E-state index < -0.39 is 0 Å². The van der Waals surface area contributed by atoms with E-state index in [0.29, 0.717) is 25.4 Å². The molecule has 1 aliphatic rings. The molecule has 0 aliphatic carbocycles. The largest absolute Gasteiger partial charge is 0.494 e. The van der Waals surface area contributed by atoms with Crippen LogP contribution in [0.25, 0.3) is 0 Å². The Hall–Kier alpha value is -1.59. The van der Waals surface area contributed by atoms with Gasteiger partial charge in [0.05, 0.1) is 13.2 Å². The van der Waals surface area contributed by atoms with Crippen LogP contribution in [0.4, 0.5) is 0 Å². The lowest BCUT2D eigenvalue weighted by atomic mass is 10.1. The van der Waals surface area contributed by atoms with Crippen molar-refractivity contribution in [1.29, 1.82) is 0 Å². The summed E-state index contributed by atoms with van der Waals surface area (Å²) in [6.45, 7) is 9.25. The van der Waals surface area contributed by atoms with Gasteiger partial charge in [-0.15, -0.1) is 0 Å². The SMILES string of the molecule is CCCOCc1cc(C(=O)N2CCN(C)CC2)ccc1OCC. The number of amides is 1. The van der Waals surface area contributed by atoms with E-state index in [9.17, 15) is 4.79 Å². The van der Waals surface area contributed by atoms with Crippen molar-refractivity contribution < 1.29 is 14.3 Å². The molecule has 0 unspecified atom stereocenters. The summed E-state index contributed by atoms with van der Waals surface area (Å²) in [6, 6.07) is 5.66. The van der Waals surface area contributed by atoms with Crippen LogP contribution < -0.4 is 4.74 Å². The summed E-state index contributed by atoms with van der Waals surface area (Å²) in [7, 11) is 2.09. The van der Waals surface area contributed by atoms with E-state index in [2.05, 4.69) is 18.9 Å². The summed E-state index contributed by atoms with van der Waals surface area (Å²) in [5, 5.41) is 0. The van der Waals surface area contributed by atoms with E-state index in [4.69, 9.17) is 9.47 Å². The highest BCUT2D eigenvalue weighted by molar-refractivity contribution is 5.94. The van der Waals surface area contributed by atoms with Crippen molar-refractivity contribution in [2.45, 2.75) is 26.9 Å². The Kier molecular flexibility index (Phi) is 6.86. The van der Waals surface area contributed by atoms with Crippen molar-refractivity contribution in [3.8, 4) is 5.75 Å². The maximum Gasteiger partial charge on any atom is 0.253 e. The van der Waals surface area contributed by atoms with E-state index in [1.54, 1.807) is 0 Å². The normalized spacial score (nSPS) is 15.7. The highest BCUT2D eigenvalue weighted by Crippen LogP contribution is 2.22. The van der Waals surface area contributed by atoms with Gasteiger partial charge in [0.1, 0.15) is 5.75 Å². The molecular weight excluding hydrogens is 292 g/mol. The minimum Gasteiger partial charge on any atom is -0.494 e. The highest BCUT2D eigenvalue weighted by atomic mass is 16.5. The average Bonchev–Trinajstić information content (AvgIpc) is 2.57. The molecule has 5 nitrogen and oxygen atoms in total. The van der Waals surface area contributed by atoms with E-state index in [1.165, 1.54) is 0 Å². The van der Waals surface area contributed by atoms with Gasteiger partial charge in [0.15, 0.2) is 0 Å². The highest BCUT2D eigenvalue weighted by Gasteiger charge is 2.21. The molecule has 23 heavy (non-hydrogen) atoms. The number of likely N-dealkylation sites (N-methyl/N-ethyl adjacent to an activating group) is 1. The Morgan fingerprint density at radius 3 is 2.57 bits per heavy atom. The minimum absolute atomic E-state index is 0.0953. The van der Waals surface area contributed by atoms with Crippen LogP contribution in [0.2, 0.25) is 0 Å². The lowest BCUT2D eigenvalue weighted by Gasteiger charge is -2.32. The van der Waals surface area contributed by atoms with Gasteiger partial charge in [-0.1, -0.05) is 6.92 Å². The Bertz CT molecular complexity index is 511. The third-order valence-corrected chi connectivity index (χ3v) is 4.00. The maximum atomic E-state index is 12.7. The zero-order chi connectivity index (χ0) is 16.7. The monoisotopic (exact) mass is 320 g/mol. The lowest BCUT2D eigenvalue weighted by Crippen LogP contribution is -2.47. The van der Waals surface area contributed by atoms with Crippen LogP contribution in [0.5, 0.6) is 5.75 Å². The smallest absolute Gasteiger partial charge is 0.253 e. The first-order chi connectivity index (χ1) is 11.2. The zero-order valence-electron chi connectivity index (χ0n) is 14.5. The molecule has 1 saturated heterocycles. The molecule has 0 radical (unpaired) electrons. The second-order valence-electron chi connectivity index (χ2n) is 5.90. The molecule has 0 saturated carbocycles. The topological polar surface area (TPSA) is 42.0 Å². The number of rotatable bonds is 7. The zero-order valence-corrected chi connectivity index (χ0v) is 14.5. The second kappa shape index (κ2) is 8.89. The number of hydrogen-bond donors (Lipinski definition) is 0. The van der Waals surface area contributed by atoms with Gasteiger partial charge in [-0.05, 0) is 38.6 Å². The van der Waals surface area contributed by atoms with Crippen LogP contribution in [-0.4, -0.2) is 62.1 Å². The van der Waals surface area contributed by atoms with Crippen molar-refractivity contribution in [1.82, 2.24) is 9.80 Å². The summed E-state index contributed by atoms with van der Waals surface area (Å²) in [6.07, 6.45) is 0.976. The third kappa shape index (κ3) is 4.94. The van der Waals surface area contributed by atoms with Gasteiger partial charge in [0, 0.05) is 43.9 Å². The first-order valence-corrected chi connectivity index (χ1v) is 8.47. The van der Waals surface area contributed by atoms with E-state index in [0.717, 1.165) is 43.9 Å². The summed E-state index contributed by atoms with van der Waals surface area (Å²) in [5.74, 6) is 0.899. The summed E-state index contributed by atoms with van der Waals surface area (Å²) >= 11 is 0. The van der Waals surface area contributed by atoms with E-state index in [-0.39, 0.29) is 5.91 Å². The molecule has 0 bridgehead atoms. The summed E-state index contributed by atoms with van der Waals surface area (Å²) < 4.78 is 11.3. The Morgan fingerprint density at radius 1 is 1.17 bits per heavy atom. The predicted molar refractivity (Wildman–Crippen MR) is 91.0 cm³/mol. The van der Waals surface area contributed by atoms with Crippen LogP contribution in [0, 0.1) is 0 Å². The van der Waals surface area contributed by atoms with Crippen molar-refractivity contribution >= 4 is 5.91 Å². The number of benzene rings is 1. The van der Waals surface area contributed by atoms with Crippen molar-refractivity contribution in [3.05, 3.63) is 29.3 Å². The Labute approximate surface area is 139 Å². The average molecular weight is 320 g/mol. The van der Waals surface area contributed by atoms with Crippen LogP contribution in [0.1, 0.15) is 36.2 Å². The number of carbonyl (C=O) groups excluding carboxylic acids is 1. The van der Waals surface area contributed by atoms with Gasteiger partial charge in [0.25, 0.3) is 5.91 Å². The molecule has 2 rings (SSSR count). The van der Waals surface area contributed by atoms with Gasteiger partial charge in [-0.3, -0.25) is 4.79 Å². The van der Waals surface area contributed by atoms with Gasteiger partial charge in [0.2, 0.25) is 0 Å². The number of ether oxygens (including phenoxy) is 2. The number of hydrogen-bond acceptors (Lipinski definition) is 4. The molecule has 0 atom stereocenters. The molecule has 0 spiro atoms. The lowest BCUT2D eigenvalue weighted by molar-refractivity contribution is 0.0663. The summed E-state index contributed by atoms with van der Waals surface area (Å²) in [4.78, 5) is 16.8. The summed E-state index contributed by atoms with van der Waals surface area (Å²) in [5.41, 5.74) is 1.66. The third-order valence-electron chi connectivity index (χ3n) is 4.00. The fraction of sp³-hybridized carbons (Fsp3) is 0.611. The van der Waals surface area contributed by atoms with Crippen molar-refractivity contribution in [2.24, 2.45) is 0 Å². The van der Waals surface area contributed by atoms with E-state index >= 15 is 0 Å². The molecule has 1 aliphatic heterocycles. The second-order valence-corrected chi connectivity index (χ2v) is 5.90. The van der Waals surface area contributed by atoms with Gasteiger partial charge < -0.3 is 19.3 Å². The molecule has 5 heteroatoms. The van der Waals surface area contributed by atoms with Gasteiger partial charge in [-0.25, -0.2) is 0 Å². The Morgan fingerprint density at radius 2 is 1.91 bits per heavy atom. The number of carbonyl (C=O) groups is 1. The molecule has 1 fully saturated rings. The number of piperazine rings is 1. The first kappa shape index (κ1) is 17.8. The molecule has 1 aromatic carbocycles. The van der Waals surface area contributed by atoms with Crippen LogP contribution in [-0.2, 0) is 11.3 Å². The number of nitrogens with zero attached hydrogens (tertiary/aromatic N) is 2. The van der Waals surface area contributed by atoms with Crippen molar-refractivity contribution in [3.63, 3.8) is 0 Å². The maximum absolute atomic E-state index is 12.7. The minimum atomic E-state index is 0.0953. The van der Waals surface area contributed by atoms with E-state index in [1.807, 2.05) is 30.0 Å². The van der Waals surface area contributed by atoms with Crippen molar-refractivity contribution in [2.75, 3.05) is 46.4 Å². The molecule has 0 aromatic heterocycles. The predicted octanol–water partition coefficient (Wildman–Crippen LogP) is 2.40. The van der Waals surface area contributed by atoms with Crippen LogP contribution in [0.3, 0.4) is 0 Å². The fourth-order valence-electron chi connectivity index (χ4n) is 2.64. The molecule has 128 valence electrons. The molecular formula is C18H28N2O3. The van der Waals surface area contributed by atoms with Crippen LogP contribution >= 0.6 is 0 Å². The molecule has 1 amide bonds. The quantitative estimate of drug-likeness (QED) is 0.724. The van der Waals surface area contributed by atoms with Crippen LogP contribution in [0.15, 0.2) is 18.2 Å². The van der Waals surface area contributed by atoms with Gasteiger partial charge >= 0.3 is 0 Å². The standard InChI is InChI=1S/C18H28N2O3/c1-4-12-22-14-16-13-15(6-7-17(16)23-5-2)18(21)20-10-8-19(3)9-11-20/h6-7,13H,4-5,8-12,14H2,1-3H3. The Balaban J connectivity index is 2.11. The molecule has 1 heterocycles.